The summed E-state index contributed by atoms with van der Waals surface area (Å²) in [5, 5.41) is 3.00. The molecule has 0 aromatic heterocycles. The summed E-state index contributed by atoms with van der Waals surface area (Å²) >= 11 is 0. The van der Waals surface area contributed by atoms with Gasteiger partial charge in [-0.15, -0.1) is 0 Å². The van der Waals surface area contributed by atoms with Crippen molar-refractivity contribution < 1.29 is 14.3 Å². The number of aryl methyl sites for hydroxylation is 1. The van der Waals surface area contributed by atoms with Crippen LogP contribution in [0.4, 0.5) is 0 Å². The Bertz CT molecular complexity index is 580. The lowest BCUT2D eigenvalue weighted by Gasteiger charge is -2.27. The topological polar surface area (TPSA) is 58.6 Å². The molecule has 1 aliphatic heterocycles. The van der Waals surface area contributed by atoms with Crippen LogP contribution in [-0.2, 0) is 9.59 Å². The highest BCUT2D eigenvalue weighted by molar-refractivity contribution is 5.90. The van der Waals surface area contributed by atoms with Gasteiger partial charge in [0.15, 0.2) is 6.10 Å². The first-order valence-electron chi connectivity index (χ1n) is 8.39. The van der Waals surface area contributed by atoms with Crippen LogP contribution in [0.5, 0.6) is 5.75 Å². The summed E-state index contributed by atoms with van der Waals surface area (Å²) in [6, 6.07) is 7.61. The van der Waals surface area contributed by atoms with Crippen molar-refractivity contribution in [3.05, 3.63) is 29.8 Å². The summed E-state index contributed by atoms with van der Waals surface area (Å²) in [6.45, 7) is 4.38. The minimum atomic E-state index is -0.591. The number of carbonyl (C=O) groups excluding carboxylic acids is 2. The maximum absolute atomic E-state index is 12.7. The third-order valence-corrected chi connectivity index (χ3v) is 4.44. The summed E-state index contributed by atoms with van der Waals surface area (Å²) < 4.78 is 5.74. The zero-order chi connectivity index (χ0) is 16.4. The van der Waals surface area contributed by atoms with E-state index in [0.29, 0.717) is 18.3 Å². The standard InChI is InChI=1S/C18H24N2O3/c1-12-5-9-15(10-6-12)23-13(2)18(22)20-11-3-4-16(20)17(21)19-14-7-8-14/h5-6,9-10,13-14,16H,3-4,7-8,11H2,1-2H3,(H,19,21). The van der Waals surface area contributed by atoms with Crippen molar-refractivity contribution in [3.8, 4) is 5.75 Å². The van der Waals surface area contributed by atoms with Gasteiger partial charge in [0.1, 0.15) is 11.8 Å². The lowest BCUT2D eigenvalue weighted by Crippen LogP contribution is -2.50. The van der Waals surface area contributed by atoms with Gasteiger partial charge in [0.2, 0.25) is 5.91 Å². The Morgan fingerprint density at radius 3 is 2.57 bits per heavy atom. The summed E-state index contributed by atoms with van der Waals surface area (Å²) in [4.78, 5) is 26.6. The third-order valence-electron chi connectivity index (χ3n) is 4.44. The summed E-state index contributed by atoms with van der Waals surface area (Å²) in [5.74, 6) is 0.550. The van der Waals surface area contributed by atoms with Gasteiger partial charge in [-0.1, -0.05) is 17.7 Å². The molecule has 2 aliphatic rings. The molecule has 1 aliphatic carbocycles. The number of likely N-dealkylation sites (tertiary alicyclic amines) is 1. The van der Waals surface area contributed by atoms with Gasteiger partial charge in [0, 0.05) is 12.6 Å². The first kappa shape index (κ1) is 15.8. The molecule has 1 aromatic carbocycles. The van der Waals surface area contributed by atoms with Crippen LogP contribution in [0.2, 0.25) is 0 Å². The van der Waals surface area contributed by atoms with Gasteiger partial charge in [-0.05, 0) is 51.7 Å². The molecule has 1 saturated carbocycles. The zero-order valence-electron chi connectivity index (χ0n) is 13.7. The van der Waals surface area contributed by atoms with Crippen LogP contribution in [0.15, 0.2) is 24.3 Å². The van der Waals surface area contributed by atoms with Gasteiger partial charge in [0.25, 0.3) is 5.91 Å². The average Bonchev–Trinajstić information content (AvgIpc) is 3.21. The highest BCUT2D eigenvalue weighted by Gasteiger charge is 2.38. The van der Waals surface area contributed by atoms with Crippen LogP contribution in [0.1, 0.15) is 38.2 Å². The fourth-order valence-corrected chi connectivity index (χ4v) is 2.93. The van der Waals surface area contributed by atoms with Crippen molar-refractivity contribution in [2.24, 2.45) is 0 Å². The molecule has 2 fully saturated rings. The normalized spacial score (nSPS) is 21.8. The maximum atomic E-state index is 12.7. The zero-order valence-corrected chi connectivity index (χ0v) is 13.7. The lowest BCUT2D eigenvalue weighted by molar-refractivity contribution is -0.143. The first-order valence-corrected chi connectivity index (χ1v) is 8.39. The number of nitrogens with zero attached hydrogens (tertiary/aromatic N) is 1. The number of rotatable bonds is 5. The molecular formula is C18H24N2O3. The molecule has 1 saturated heterocycles. The number of amides is 2. The lowest BCUT2D eigenvalue weighted by atomic mass is 10.2. The van der Waals surface area contributed by atoms with E-state index in [2.05, 4.69) is 5.32 Å². The van der Waals surface area contributed by atoms with Crippen molar-refractivity contribution in [2.45, 2.75) is 57.7 Å². The van der Waals surface area contributed by atoms with Gasteiger partial charge in [-0.2, -0.15) is 0 Å². The van der Waals surface area contributed by atoms with E-state index >= 15 is 0 Å². The molecule has 1 heterocycles. The van der Waals surface area contributed by atoms with Gasteiger partial charge < -0.3 is 15.0 Å². The molecule has 1 N–H and O–H groups in total. The molecule has 2 atom stereocenters. The van der Waals surface area contributed by atoms with Crippen molar-refractivity contribution >= 4 is 11.8 Å². The van der Waals surface area contributed by atoms with E-state index in [0.717, 1.165) is 31.2 Å². The second-order valence-corrected chi connectivity index (χ2v) is 6.55. The highest BCUT2D eigenvalue weighted by atomic mass is 16.5. The summed E-state index contributed by atoms with van der Waals surface area (Å²) in [7, 11) is 0. The molecule has 124 valence electrons. The Labute approximate surface area is 137 Å². The molecule has 0 radical (unpaired) electrons. The second kappa shape index (κ2) is 6.60. The first-order chi connectivity index (χ1) is 11.0. The molecule has 2 amide bonds. The molecule has 0 spiro atoms. The molecule has 0 bridgehead atoms. The van der Waals surface area contributed by atoms with Crippen molar-refractivity contribution in [2.75, 3.05) is 6.54 Å². The van der Waals surface area contributed by atoms with E-state index in [4.69, 9.17) is 4.74 Å². The average molecular weight is 316 g/mol. The smallest absolute Gasteiger partial charge is 0.264 e. The molecule has 23 heavy (non-hydrogen) atoms. The van der Waals surface area contributed by atoms with Gasteiger partial charge in [-0.25, -0.2) is 0 Å². The van der Waals surface area contributed by atoms with Crippen LogP contribution in [-0.4, -0.2) is 41.4 Å². The Morgan fingerprint density at radius 2 is 1.91 bits per heavy atom. The van der Waals surface area contributed by atoms with E-state index < -0.39 is 6.10 Å². The SMILES string of the molecule is Cc1ccc(OC(C)C(=O)N2CCCC2C(=O)NC2CC2)cc1. The van der Waals surface area contributed by atoms with Crippen LogP contribution < -0.4 is 10.1 Å². The minimum Gasteiger partial charge on any atom is -0.481 e. The Kier molecular flexibility index (Phi) is 4.55. The highest BCUT2D eigenvalue weighted by Crippen LogP contribution is 2.23. The molecule has 5 heteroatoms. The number of hydrogen-bond donors (Lipinski definition) is 1. The number of hydrogen-bond acceptors (Lipinski definition) is 3. The van der Waals surface area contributed by atoms with Gasteiger partial charge >= 0.3 is 0 Å². The largest absolute Gasteiger partial charge is 0.481 e. The van der Waals surface area contributed by atoms with Crippen LogP contribution in [0.3, 0.4) is 0 Å². The molecule has 1 aromatic rings. The second-order valence-electron chi connectivity index (χ2n) is 6.55. The fraction of sp³-hybridized carbons (Fsp3) is 0.556. The Morgan fingerprint density at radius 1 is 1.22 bits per heavy atom. The third kappa shape index (κ3) is 3.84. The Hall–Kier alpha value is -2.04. The van der Waals surface area contributed by atoms with E-state index in [1.54, 1.807) is 11.8 Å². The van der Waals surface area contributed by atoms with Crippen molar-refractivity contribution in [1.82, 2.24) is 10.2 Å². The Balaban J connectivity index is 1.60. The van der Waals surface area contributed by atoms with E-state index in [-0.39, 0.29) is 17.9 Å². The van der Waals surface area contributed by atoms with Gasteiger partial charge in [-0.3, -0.25) is 9.59 Å². The number of ether oxygens (including phenoxy) is 1. The summed E-state index contributed by atoms with van der Waals surface area (Å²) in [6.07, 6.45) is 3.12. The number of carbonyl (C=O) groups is 2. The predicted molar refractivity (Wildman–Crippen MR) is 87.2 cm³/mol. The number of nitrogens with one attached hydrogen (secondary N) is 1. The predicted octanol–water partition coefficient (Wildman–Crippen LogP) is 2.03. The van der Waals surface area contributed by atoms with Gasteiger partial charge in [0.05, 0.1) is 0 Å². The van der Waals surface area contributed by atoms with E-state index in [1.165, 1.54) is 0 Å². The monoisotopic (exact) mass is 316 g/mol. The van der Waals surface area contributed by atoms with E-state index in [9.17, 15) is 9.59 Å². The van der Waals surface area contributed by atoms with Crippen molar-refractivity contribution in [1.29, 1.82) is 0 Å². The molecule has 3 rings (SSSR count). The van der Waals surface area contributed by atoms with Crippen LogP contribution in [0, 0.1) is 6.92 Å². The van der Waals surface area contributed by atoms with Crippen molar-refractivity contribution in [3.63, 3.8) is 0 Å². The minimum absolute atomic E-state index is 0.0131. The fourth-order valence-electron chi connectivity index (χ4n) is 2.93. The quantitative estimate of drug-likeness (QED) is 0.904. The maximum Gasteiger partial charge on any atom is 0.264 e. The van der Waals surface area contributed by atoms with Crippen LogP contribution >= 0.6 is 0 Å². The number of benzene rings is 1. The molecule has 2 unspecified atom stereocenters. The van der Waals surface area contributed by atoms with Crippen LogP contribution in [0.25, 0.3) is 0 Å². The molecular weight excluding hydrogens is 292 g/mol. The summed E-state index contributed by atoms with van der Waals surface area (Å²) in [5.41, 5.74) is 1.15. The molecule has 5 nitrogen and oxygen atoms in total. The van der Waals surface area contributed by atoms with E-state index in [1.807, 2.05) is 31.2 Å².